The Hall–Kier alpha value is -1.88. The highest BCUT2D eigenvalue weighted by Gasteiger charge is 2.18. The molecule has 192 valence electrons. The largest absolute Gasteiger partial charge is 0.493 e. The van der Waals surface area contributed by atoms with Crippen LogP contribution in [0.1, 0.15) is 87.5 Å². The van der Waals surface area contributed by atoms with Gasteiger partial charge in [0.15, 0.2) is 0 Å². The monoisotopic (exact) mass is 514 g/mol. The van der Waals surface area contributed by atoms with Crippen molar-refractivity contribution in [3.05, 3.63) is 52.1 Å². The van der Waals surface area contributed by atoms with Gasteiger partial charge in [0.2, 0.25) is 0 Å². The first kappa shape index (κ1) is 29.4. The molecule has 2 aromatic rings. The summed E-state index contributed by atoms with van der Waals surface area (Å²) in [6.45, 7) is 14.3. The lowest BCUT2D eigenvalue weighted by Crippen LogP contribution is -2.02. The van der Waals surface area contributed by atoms with E-state index < -0.39 is 0 Å². The number of benzene rings is 2. The summed E-state index contributed by atoms with van der Waals surface area (Å²) in [6, 6.07) is 8.43. The molecule has 0 N–H and O–H groups in total. The Labute approximate surface area is 221 Å². The fourth-order valence-corrected chi connectivity index (χ4v) is 6.24. The van der Waals surface area contributed by atoms with Crippen molar-refractivity contribution in [1.82, 2.24) is 0 Å². The Morgan fingerprint density at radius 2 is 1.03 bits per heavy atom. The first-order valence-corrected chi connectivity index (χ1v) is 14.6. The third kappa shape index (κ3) is 9.95. The van der Waals surface area contributed by atoms with E-state index in [9.17, 15) is 5.53 Å². The predicted molar refractivity (Wildman–Crippen MR) is 151 cm³/mol. The fourth-order valence-electron chi connectivity index (χ4n) is 4.06. The minimum absolute atomic E-state index is 0.587. The third-order valence-corrected chi connectivity index (χ3v) is 7.80. The summed E-state index contributed by atoms with van der Waals surface area (Å²) in [4.78, 5) is 5.66. The van der Waals surface area contributed by atoms with E-state index in [2.05, 4.69) is 70.6 Å². The average molecular weight is 515 g/mol. The Bertz CT molecular complexity index is 881. The minimum atomic E-state index is 0.587. The highest BCUT2D eigenvalue weighted by atomic mass is 32.2. The molecule has 35 heavy (non-hydrogen) atoms. The lowest BCUT2D eigenvalue weighted by molar-refractivity contribution is 0.00551. The summed E-state index contributed by atoms with van der Waals surface area (Å²) in [7, 11) is 0. The standard InChI is InChI=1S/C29H42N2O2S2/c1-7-9-11-13-15-32-27-21(3)17-25(18-22(27)4)34-29(31-30)35-26-19-23(5)28(24(6)20-26)33-16-14-12-10-8-2/h17-20H,7-16H2,1-6H3. The van der Waals surface area contributed by atoms with Crippen molar-refractivity contribution in [2.45, 2.75) is 103 Å². The van der Waals surface area contributed by atoms with Crippen LogP contribution < -0.4 is 9.47 Å². The van der Waals surface area contributed by atoms with Crippen LogP contribution in [0, 0.1) is 27.7 Å². The van der Waals surface area contributed by atoms with Crippen LogP contribution in [0.3, 0.4) is 0 Å². The fraction of sp³-hybridized carbons (Fsp3) is 0.552. The Balaban J connectivity index is 2.01. The van der Waals surface area contributed by atoms with Gasteiger partial charge in [0.1, 0.15) is 11.5 Å². The molecule has 0 aliphatic heterocycles. The average Bonchev–Trinajstić information content (AvgIpc) is 2.81. The summed E-state index contributed by atoms with van der Waals surface area (Å²) in [5.41, 5.74) is 14.1. The van der Waals surface area contributed by atoms with E-state index in [1.807, 2.05) is 0 Å². The summed E-state index contributed by atoms with van der Waals surface area (Å²) >= 11 is 2.94. The SMILES string of the molecule is CCCCCCOc1c(C)cc(SC(=[N+]=[N-])Sc2cc(C)c(OCCCCCC)c(C)c2)cc1C. The summed E-state index contributed by atoms with van der Waals surface area (Å²) in [5, 5.41) is 0. The predicted octanol–water partition coefficient (Wildman–Crippen LogP) is 9.31. The van der Waals surface area contributed by atoms with Crippen molar-refractivity contribution in [2.24, 2.45) is 0 Å². The minimum Gasteiger partial charge on any atom is -0.493 e. The smallest absolute Gasteiger partial charge is 0.393 e. The number of aryl methyl sites for hydroxylation is 4. The lowest BCUT2D eigenvalue weighted by atomic mass is 10.1. The molecule has 0 atom stereocenters. The summed E-state index contributed by atoms with van der Waals surface area (Å²) < 4.78 is 12.7. The van der Waals surface area contributed by atoms with Crippen LogP contribution in [0.5, 0.6) is 11.5 Å². The zero-order valence-corrected chi connectivity index (χ0v) is 24.0. The molecule has 0 aliphatic carbocycles. The molecule has 2 rings (SSSR count). The molecule has 0 bridgehead atoms. The molecule has 0 spiro atoms. The number of hydrogen-bond donors (Lipinski definition) is 0. The van der Waals surface area contributed by atoms with Gasteiger partial charge < -0.3 is 15.0 Å². The van der Waals surface area contributed by atoms with Gasteiger partial charge in [0, 0.05) is 33.3 Å². The second kappa shape index (κ2) is 16.0. The normalized spacial score (nSPS) is 10.8. The molecule has 0 unspecified atom stereocenters. The zero-order chi connectivity index (χ0) is 25.6. The van der Waals surface area contributed by atoms with Gasteiger partial charge >= 0.3 is 4.38 Å². The number of thioether (sulfide) groups is 2. The topological polar surface area (TPSA) is 54.9 Å². The Morgan fingerprint density at radius 1 is 0.657 bits per heavy atom. The van der Waals surface area contributed by atoms with E-state index in [4.69, 9.17) is 9.47 Å². The molecule has 0 saturated carbocycles. The van der Waals surface area contributed by atoms with Gasteiger partial charge in [-0.05, 0) is 87.1 Å². The number of ether oxygens (including phenoxy) is 2. The van der Waals surface area contributed by atoms with Gasteiger partial charge in [-0.15, -0.1) is 0 Å². The van der Waals surface area contributed by atoms with Gasteiger partial charge in [-0.3, -0.25) is 0 Å². The third-order valence-electron chi connectivity index (χ3n) is 5.85. The number of nitrogens with zero attached hydrogens (tertiary/aromatic N) is 2. The van der Waals surface area contributed by atoms with E-state index >= 15 is 0 Å². The molecule has 0 radical (unpaired) electrons. The molecular weight excluding hydrogens is 472 g/mol. The number of rotatable bonds is 14. The van der Waals surface area contributed by atoms with E-state index in [1.54, 1.807) is 0 Å². The van der Waals surface area contributed by atoms with Crippen LogP contribution in [-0.4, -0.2) is 22.4 Å². The molecule has 0 saturated heterocycles. The van der Waals surface area contributed by atoms with Crippen molar-refractivity contribution in [3.63, 3.8) is 0 Å². The van der Waals surface area contributed by atoms with E-state index in [-0.39, 0.29) is 0 Å². The van der Waals surface area contributed by atoms with Crippen molar-refractivity contribution >= 4 is 27.9 Å². The van der Waals surface area contributed by atoms with Gasteiger partial charge in [-0.2, -0.15) is 4.79 Å². The van der Waals surface area contributed by atoms with Gasteiger partial charge in [0.05, 0.1) is 13.2 Å². The Kier molecular flexibility index (Phi) is 13.4. The molecule has 0 amide bonds. The summed E-state index contributed by atoms with van der Waals surface area (Å²) in [5.74, 6) is 1.94. The molecule has 4 nitrogen and oxygen atoms in total. The second-order valence-electron chi connectivity index (χ2n) is 9.16. The van der Waals surface area contributed by atoms with Gasteiger partial charge in [-0.25, -0.2) is 0 Å². The molecule has 0 aromatic heterocycles. The first-order valence-electron chi connectivity index (χ1n) is 12.9. The highest BCUT2D eigenvalue weighted by Crippen LogP contribution is 2.36. The number of hydrogen-bond acceptors (Lipinski definition) is 4. The highest BCUT2D eigenvalue weighted by molar-refractivity contribution is 8.38. The molecular formula is C29H42N2O2S2. The summed E-state index contributed by atoms with van der Waals surface area (Å²) in [6.07, 6.45) is 9.56. The lowest BCUT2D eigenvalue weighted by Gasteiger charge is -2.14. The van der Waals surface area contributed by atoms with Crippen LogP contribution >= 0.6 is 23.5 Å². The molecule has 0 aliphatic rings. The second-order valence-corrected chi connectivity index (χ2v) is 11.5. The maximum absolute atomic E-state index is 9.71. The zero-order valence-electron chi connectivity index (χ0n) is 22.4. The van der Waals surface area contributed by atoms with E-state index in [1.165, 1.54) is 62.0 Å². The molecule has 0 heterocycles. The number of unbranched alkanes of at least 4 members (excludes halogenated alkanes) is 6. The van der Waals surface area contributed by atoms with E-state index in [0.29, 0.717) is 4.38 Å². The Morgan fingerprint density at radius 3 is 1.34 bits per heavy atom. The van der Waals surface area contributed by atoms with Gasteiger partial charge in [-0.1, -0.05) is 52.4 Å². The van der Waals surface area contributed by atoms with Crippen LogP contribution in [-0.2, 0) is 0 Å². The van der Waals surface area contributed by atoms with Crippen molar-refractivity contribution in [2.75, 3.05) is 13.2 Å². The van der Waals surface area contributed by atoms with Crippen molar-refractivity contribution in [3.8, 4) is 11.5 Å². The van der Waals surface area contributed by atoms with Crippen molar-refractivity contribution < 1.29 is 14.3 Å². The first-order chi connectivity index (χ1) is 16.9. The van der Waals surface area contributed by atoms with E-state index in [0.717, 1.165) is 69.6 Å². The maximum atomic E-state index is 9.71. The van der Waals surface area contributed by atoms with Gasteiger partial charge in [0.25, 0.3) is 0 Å². The molecule has 2 aromatic carbocycles. The van der Waals surface area contributed by atoms with Crippen LogP contribution in [0.25, 0.3) is 5.53 Å². The van der Waals surface area contributed by atoms with Crippen LogP contribution in [0.15, 0.2) is 34.1 Å². The quantitative estimate of drug-likeness (QED) is 0.0629. The van der Waals surface area contributed by atoms with Crippen LogP contribution in [0.2, 0.25) is 0 Å². The molecule has 6 heteroatoms. The molecule has 0 fully saturated rings. The van der Waals surface area contributed by atoms with Crippen LogP contribution in [0.4, 0.5) is 0 Å². The maximum Gasteiger partial charge on any atom is 0.393 e. The van der Waals surface area contributed by atoms with Crippen molar-refractivity contribution in [1.29, 1.82) is 0 Å².